The van der Waals surface area contributed by atoms with Gasteiger partial charge >= 0.3 is 0 Å². The van der Waals surface area contributed by atoms with Crippen molar-refractivity contribution >= 4 is 5.82 Å². The van der Waals surface area contributed by atoms with Crippen LogP contribution >= 0.6 is 0 Å². The molecule has 94 valence electrons. The molecule has 0 aliphatic heterocycles. The number of aromatic nitrogens is 2. The number of H-pyrrole nitrogens is 1. The Balaban J connectivity index is 1.87. The van der Waals surface area contributed by atoms with Crippen LogP contribution < -0.4 is 10.9 Å². The standard InChI is InChI=1S/C13H21N3O/c1-9-3-5-11(6-4-9)8-14-12-7-13(17)16-10(2)15-12/h7,9,11H,3-6,8H2,1-2H3,(H2,14,15,16,17). The van der Waals surface area contributed by atoms with Gasteiger partial charge in [0.1, 0.15) is 11.6 Å². The van der Waals surface area contributed by atoms with Gasteiger partial charge in [-0.2, -0.15) is 0 Å². The Morgan fingerprint density at radius 2 is 2.12 bits per heavy atom. The summed E-state index contributed by atoms with van der Waals surface area (Å²) >= 11 is 0. The summed E-state index contributed by atoms with van der Waals surface area (Å²) in [5, 5.41) is 3.28. The van der Waals surface area contributed by atoms with E-state index in [2.05, 4.69) is 22.2 Å². The molecular weight excluding hydrogens is 214 g/mol. The first-order valence-electron chi connectivity index (χ1n) is 6.45. The van der Waals surface area contributed by atoms with Crippen molar-refractivity contribution in [2.45, 2.75) is 39.5 Å². The van der Waals surface area contributed by atoms with Gasteiger partial charge in [-0.05, 0) is 31.6 Å². The molecule has 4 nitrogen and oxygen atoms in total. The predicted molar refractivity (Wildman–Crippen MR) is 69.2 cm³/mol. The lowest BCUT2D eigenvalue weighted by Crippen LogP contribution is -2.21. The first kappa shape index (κ1) is 12.1. The summed E-state index contributed by atoms with van der Waals surface area (Å²) in [5.74, 6) is 2.97. The summed E-state index contributed by atoms with van der Waals surface area (Å²) in [6, 6.07) is 1.53. The molecule has 0 spiro atoms. The molecular formula is C13H21N3O. The number of aryl methyl sites for hydroxylation is 1. The fourth-order valence-electron chi connectivity index (χ4n) is 2.45. The molecule has 0 saturated heterocycles. The molecule has 0 radical (unpaired) electrons. The third-order valence-corrected chi connectivity index (χ3v) is 3.57. The van der Waals surface area contributed by atoms with Crippen LogP contribution in [0, 0.1) is 18.8 Å². The van der Waals surface area contributed by atoms with E-state index in [-0.39, 0.29) is 5.56 Å². The van der Waals surface area contributed by atoms with E-state index in [1.165, 1.54) is 31.7 Å². The molecule has 1 fully saturated rings. The number of nitrogens with zero attached hydrogens (tertiary/aromatic N) is 1. The summed E-state index contributed by atoms with van der Waals surface area (Å²) < 4.78 is 0. The zero-order chi connectivity index (χ0) is 12.3. The number of hydrogen-bond acceptors (Lipinski definition) is 3. The van der Waals surface area contributed by atoms with Gasteiger partial charge in [0.25, 0.3) is 5.56 Å². The van der Waals surface area contributed by atoms with Crippen molar-refractivity contribution in [1.82, 2.24) is 9.97 Å². The number of anilines is 1. The van der Waals surface area contributed by atoms with Crippen LogP contribution in [0.2, 0.25) is 0 Å². The van der Waals surface area contributed by atoms with Crippen molar-refractivity contribution in [3.05, 3.63) is 22.2 Å². The molecule has 1 aliphatic carbocycles. The van der Waals surface area contributed by atoms with Gasteiger partial charge in [0.15, 0.2) is 0 Å². The van der Waals surface area contributed by atoms with E-state index in [1.807, 2.05) is 0 Å². The van der Waals surface area contributed by atoms with Gasteiger partial charge < -0.3 is 10.3 Å². The van der Waals surface area contributed by atoms with Crippen molar-refractivity contribution in [2.75, 3.05) is 11.9 Å². The van der Waals surface area contributed by atoms with Crippen LogP contribution in [0.15, 0.2) is 10.9 Å². The van der Waals surface area contributed by atoms with Crippen LogP contribution in [0.3, 0.4) is 0 Å². The smallest absolute Gasteiger partial charge is 0.252 e. The minimum Gasteiger partial charge on any atom is -0.370 e. The molecule has 0 bridgehead atoms. The molecule has 2 N–H and O–H groups in total. The van der Waals surface area contributed by atoms with Crippen molar-refractivity contribution in [1.29, 1.82) is 0 Å². The van der Waals surface area contributed by atoms with Crippen molar-refractivity contribution in [3.63, 3.8) is 0 Å². The topological polar surface area (TPSA) is 57.8 Å². The largest absolute Gasteiger partial charge is 0.370 e. The molecule has 17 heavy (non-hydrogen) atoms. The van der Waals surface area contributed by atoms with Gasteiger partial charge in [-0.3, -0.25) is 4.79 Å². The van der Waals surface area contributed by atoms with E-state index < -0.39 is 0 Å². The van der Waals surface area contributed by atoms with Crippen LogP contribution in [0.5, 0.6) is 0 Å². The van der Waals surface area contributed by atoms with Gasteiger partial charge in [0, 0.05) is 12.6 Å². The quantitative estimate of drug-likeness (QED) is 0.845. The van der Waals surface area contributed by atoms with E-state index in [4.69, 9.17) is 0 Å². The average molecular weight is 235 g/mol. The molecule has 0 unspecified atom stereocenters. The highest BCUT2D eigenvalue weighted by Gasteiger charge is 2.17. The summed E-state index contributed by atoms with van der Waals surface area (Å²) in [6.45, 7) is 5.06. The Kier molecular flexibility index (Phi) is 3.82. The molecule has 4 heteroatoms. The summed E-state index contributed by atoms with van der Waals surface area (Å²) in [7, 11) is 0. The van der Waals surface area contributed by atoms with Gasteiger partial charge in [-0.15, -0.1) is 0 Å². The lowest BCUT2D eigenvalue weighted by atomic mass is 9.83. The molecule has 0 amide bonds. The highest BCUT2D eigenvalue weighted by atomic mass is 16.1. The summed E-state index contributed by atoms with van der Waals surface area (Å²) in [5.41, 5.74) is -0.0859. The zero-order valence-corrected chi connectivity index (χ0v) is 10.6. The zero-order valence-electron chi connectivity index (χ0n) is 10.6. The number of rotatable bonds is 3. The monoisotopic (exact) mass is 235 g/mol. The average Bonchev–Trinajstić information content (AvgIpc) is 2.27. The van der Waals surface area contributed by atoms with Crippen LogP contribution in [0.1, 0.15) is 38.4 Å². The van der Waals surface area contributed by atoms with E-state index >= 15 is 0 Å². The number of aromatic amines is 1. The Morgan fingerprint density at radius 1 is 1.41 bits per heavy atom. The highest BCUT2D eigenvalue weighted by molar-refractivity contribution is 5.32. The Labute approximate surface area is 102 Å². The maximum Gasteiger partial charge on any atom is 0.252 e. The SMILES string of the molecule is Cc1nc(NCC2CCC(C)CC2)cc(=O)[nH]1. The molecule has 1 aromatic rings. The fourth-order valence-corrected chi connectivity index (χ4v) is 2.45. The summed E-state index contributed by atoms with van der Waals surface area (Å²) in [4.78, 5) is 18.2. The Hall–Kier alpha value is -1.32. The van der Waals surface area contributed by atoms with Crippen LogP contribution in [0.25, 0.3) is 0 Å². The van der Waals surface area contributed by atoms with E-state index in [9.17, 15) is 4.79 Å². The lowest BCUT2D eigenvalue weighted by molar-refractivity contribution is 0.300. The van der Waals surface area contributed by atoms with Gasteiger partial charge in [-0.25, -0.2) is 4.98 Å². The Bertz CT molecular complexity index is 419. The van der Waals surface area contributed by atoms with Crippen molar-refractivity contribution in [2.24, 2.45) is 11.8 Å². The minimum atomic E-state index is -0.0859. The fraction of sp³-hybridized carbons (Fsp3) is 0.692. The van der Waals surface area contributed by atoms with Crippen LogP contribution in [-0.4, -0.2) is 16.5 Å². The third kappa shape index (κ3) is 3.58. The molecule has 0 aromatic carbocycles. The van der Waals surface area contributed by atoms with Crippen molar-refractivity contribution in [3.8, 4) is 0 Å². The first-order chi connectivity index (χ1) is 8.13. The maximum absolute atomic E-state index is 11.3. The number of hydrogen-bond donors (Lipinski definition) is 2. The van der Waals surface area contributed by atoms with Crippen LogP contribution in [0.4, 0.5) is 5.82 Å². The second-order valence-electron chi connectivity index (χ2n) is 5.22. The highest BCUT2D eigenvalue weighted by Crippen LogP contribution is 2.28. The van der Waals surface area contributed by atoms with Gasteiger partial charge in [0.2, 0.25) is 0 Å². The van der Waals surface area contributed by atoms with Crippen LogP contribution in [-0.2, 0) is 0 Å². The maximum atomic E-state index is 11.3. The van der Waals surface area contributed by atoms with Gasteiger partial charge in [0.05, 0.1) is 0 Å². The minimum absolute atomic E-state index is 0.0859. The number of nitrogens with one attached hydrogen (secondary N) is 2. The van der Waals surface area contributed by atoms with E-state index in [1.54, 1.807) is 6.92 Å². The second kappa shape index (κ2) is 5.34. The van der Waals surface area contributed by atoms with E-state index in [0.717, 1.165) is 18.4 Å². The molecule has 0 atom stereocenters. The normalized spacial score (nSPS) is 24.6. The van der Waals surface area contributed by atoms with E-state index in [0.29, 0.717) is 11.6 Å². The molecule has 2 rings (SSSR count). The van der Waals surface area contributed by atoms with Crippen molar-refractivity contribution < 1.29 is 0 Å². The third-order valence-electron chi connectivity index (χ3n) is 3.57. The molecule has 1 heterocycles. The van der Waals surface area contributed by atoms with Gasteiger partial charge in [-0.1, -0.05) is 19.8 Å². The summed E-state index contributed by atoms with van der Waals surface area (Å²) in [6.07, 6.45) is 5.23. The lowest BCUT2D eigenvalue weighted by Gasteiger charge is -2.26. The second-order valence-corrected chi connectivity index (χ2v) is 5.22. The predicted octanol–water partition coefficient (Wildman–Crippen LogP) is 2.32. The molecule has 1 saturated carbocycles. The molecule has 1 aromatic heterocycles. The Morgan fingerprint density at radius 3 is 2.76 bits per heavy atom. The first-order valence-corrected chi connectivity index (χ1v) is 6.45. The molecule has 1 aliphatic rings.